The first kappa shape index (κ1) is 10.5. The topological polar surface area (TPSA) is 35.2 Å². The van der Waals surface area contributed by atoms with E-state index in [9.17, 15) is 4.39 Å². The molecular weight excluding hydrogens is 189 g/mol. The van der Waals surface area contributed by atoms with E-state index in [0.29, 0.717) is 18.6 Å². The molecule has 0 atom stereocenters. The Kier molecular flexibility index (Phi) is 4.21. The average Bonchev–Trinajstić information content (AvgIpc) is 2.17. The fourth-order valence-corrected chi connectivity index (χ4v) is 1.50. The monoisotopic (exact) mass is 201 g/mol. The van der Waals surface area contributed by atoms with Gasteiger partial charge in [0, 0.05) is 11.3 Å². The predicted octanol–water partition coefficient (Wildman–Crippen LogP) is 1.98. The van der Waals surface area contributed by atoms with E-state index in [2.05, 4.69) is 4.84 Å². The molecule has 0 aliphatic carbocycles. The molecule has 2 nitrogen and oxygen atoms in total. The van der Waals surface area contributed by atoms with E-state index in [1.54, 1.807) is 17.8 Å². The van der Waals surface area contributed by atoms with Gasteiger partial charge in [0.05, 0.1) is 6.61 Å². The quantitative estimate of drug-likeness (QED) is 0.597. The van der Waals surface area contributed by atoms with Crippen LogP contribution in [-0.4, -0.2) is 12.9 Å². The summed E-state index contributed by atoms with van der Waals surface area (Å²) in [6, 6.07) is 5.05. The highest BCUT2D eigenvalue weighted by molar-refractivity contribution is 7.98. The van der Waals surface area contributed by atoms with Gasteiger partial charge in [0.1, 0.15) is 5.82 Å². The number of thioether (sulfide) groups is 1. The molecule has 0 saturated heterocycles. The minimum Gasteiger partial charge on any atom is -0.304 e. The molecule has 72 valence electrons. The molecule has 1 aromatic carbocycles. The molecule has 1 aromatic rings. The largest absolute Gasteiger partial charge is 0.304 e. The van der Waals surface area contributed by atoms with Crippen LogP contribution in [-0.2, 0) is 11.3 Å². The van der Waals surface area contributed by atoms with Crippen molar-refractivity contribution in [1.29, 1.82) is 0 Å². The Morgan fingerprint density at radius 3 is 2.92 bits per heavy atom. The van der Waals surface area contributed by atoms with E-state index in [4.69, 9.17) is 5.90 Å². The molecule has 0 amide bonds. The molecule has 0 bridgehead atoms. The lowest BCUT2D eigenvalue weighted by atomic mass is 10.1. The molecule has 4 heteroatoms. The van der Waals surface area contributed by atoms with Gasteiger partial charge in [-0.3, -0.25) is 0 Å². The lowest BCUT2D eigenvalue weighted by molar-refractivity contribution is 0.140. The Balaban J connectivity index is 2.78. The maximum absolute atomic E-state index is 13.1. The molecule has 13 heavy (non-hydrogen) atoms. The predicted molar refractivity (Wildman–Crippen MR) is 52.0 cm³/mol. The van der Waals surface area contributed by atoms with Crippen molar-refractivity contribution in [3.05, 3.63) is 29.6 Å². The van der Waals surface area contributed by atoms with Crippen LogP contribution in [0.4, 0.5) is 4.39 Å². The summed E-state index contributed by atoms with van der Waals surface area (Å²) >= 11 is 1.59. The molecule has 0 fully saturated rings. The van der Waals surface area contributed by atoms with E-state index in [1.807, 2.05) is 12.3 Å². The van der Waals surface area contributed by atoms with Crippen LogP contribution in [0.25, 0.3) is 0 Å². The lowest BCUT2D eigenvalue weighted by Gasteiger charge is -2.03. The summed E-state index contributed by atoms with van der Waals surface area (Å²) in [7, 11) is 0. The normalized spacial score (nSPS) is 10.4. The van der Waals surface area contributed by atoms with Crippen molar-refractivity contribution in [2.24, 2.45) is 5.90 Å². The number of hydrogen-bond donors (Lipinski definition) is 1. The summed E-state index contributed by atoms with van der Waals surface area (Å²) in [5.74, 6) is 4.67. The summed E-state index contributed by atoms with van der Waals surface area (Å²) in [6.45, 7) is 0.342. The molecule has 0 aromatic heterocycles. The molecule has 0 heterocycles. The van der Waals surface area contributed by atoms with Crippen molar-refractivity contribution >= 4 is 11.8 Å². The first-order valence-corrected chi connectivity index (χ1v) is 5.14. The van der Waals surface area contributed by atoms with E-state index >= 15 is 0 Å². The van der Waals surface area contributed by atoms with Crippen molar-refractivity contribution in [1.82, 2.24) is 0 Å². The summed E-state index contributed by atoms with van der Waals surface area (Å²) in [4.78, 5) is 5.45. The summed E-state index contributed by atoms with van der Waals surface area (Å²) in [5.41, 5.74) is 0.650. The van der Waals surface area contributed by atoms with Crippen LogP contribution in [0, 0.1) is 5.82 Å². The van der Waals surface area contributed by atoms with Gasteiger partial charge in [0.25, 0.3) is 0 Å². The number of nitrogens with two attached hydrogens (primary N) is 1. The van der Waals surface area contributed by atoms with E-state index in [0.717, 1.165) is 4.90 Å². The van der Waals surface area contributed by atoms with Crippen LogP contribution in [0.15, 0.2) is 23.1 Å². The van der Waals surface area contributed by atoms with Crippen LogP contribution in [0.1, 0.15) is 5.56 Å². The third-order valence-electron chi connectivity index (χ3n) is 1.74. The van der Waals surface area contributed by atoms with Gasteiger partial charge in [-0.1, -0.05) is 0 Å². The molecule has 0 unspecified atom stereocenters. The number of benzene rings is 1. The first-order valence-electron chi connectivity index (χ1n) is 3.92. The van der Waals surface area contributed by atoms with Crippen LogP contribution in [0.5, 0.6) is 0 Å². The van der Waals surface area contributed by atoms with Gasteiger partial charge in [-0.15, -0.1) is 11.8 Å². The van der Waals surface area contributed by atoms with Crippen molar-refractivity contribution < 1.29 is 9.23 Å². The van der Waals surface area contributed by atoms with Crippen LogP contribution in [0.3, 0.4) is 0 Å². The molecule has 1 rings (SSSR count). The Morgan fingerprint density at radius 2 is 2.31 bits per heavy atom. The fraction of sp³-hybridized carbons (Fsp3) is 0.333. The maximum atomic E-state index is 13.1. The zero-order valence-corrected chi connectivity index (χ0v) is 8.23. The van der Waals surface area contributed by atoms with Crippen LogP contribution >= 0.6 is 11.8 Å². The van der Waals surface area contributed by atoms with Gasteiger partial charge in [0.15, 0.2) is 0 Å². The standard InChI is InChI=1S/C9H12FNOS/c1-13-8-2-3-9(10)7(6-8)4-5-12-11/h2-3,6H,4-5,11H2,1H3. The highest BCUT2D eigenvalue weighted by Crippen LogP contribution is 2.18. The third-order valence-corrected chi connectivity index (χ3v) is 2.47. The van der Waals surface area contributed by atoms with Gasteiger partial charge in [-0.25, -0.2) is 10.3 Å². The van der Waals surface area contributed by atoms with Gasteiger partial charge in [0.2, 0.25) is 0 Å². The number of rotatable bonds is 4. The van der Waals surface area contributed by atoms with E-state index in [-0.39, 0.29) is 5.82 Å². The van der Waals surface area contributed by atoms with Gasteiger partial charge < -0.3 is 4.84 Å². The molecular formula is C9H12FNOS. The van der Waals surface area contributed by atoms with Crippen molar-refractivity contribution in [3.8, 4) is 0 Å². The summed E-state index contributed by atoms with van der Waals surface area (Å²) in [6.07, 6.45) is 2.47. The second-order valence-electron chi connectivity index (χ2n) is 2.58. The van der Waals surface area contributed by atoms with Crippen LogP contribution in [0.2, 0.25) is 0 Å². The van der Waals surface area contributed by atoms with Gasteiger partial charge in [-0.05, 0) is 30.0 Å². The average molecular weight is 201 g/mol. The molecule has 0 radical (unpaired) electrons. The highest BCUT2D eigenvalue weighted by Gasteiger charge is 2.02. The minimum absolute atomic E-state index is 0.199. The fourth-order valence-electron chi connectivity index (χ4n) is 1.04. The maximum Gasteiger partial charge on any atom is 0.126 e. The summed E-state index contributed by atoms with van der Waals surface area (Å²) < 4.78 is 13.1. The summed E-state index contributed by atoms with van der Waals surface area (Å²) in [5, 5.41) is 0. The smallest absolute Gasteiger partial charge is 0.126 e. The zero-order valence-electron chi connectivity index (χ0n) is 7.42. The first-order chi connectivity index (χ1) is 6.27. The molecule has 0 saturated carbocycles. The second kappa shape index (κ2) is 5.21. The second-order valence-corrected chi connectivity index (χ2v) is 3.46. The van der Waals surface area contributed by atoms with Crippen molar-refractivity contribution in [3.63, 3.8) is 0 Å². The Labute approximate surface area is 81.2 Å². The molecule has 0 aliphatic rings. The third kappa shape index (κ3) is 2.99. The Hall–Kier alpha value is -0.580. The van der Waals surface area contributed by atoms with Gasteiger partial charge in [-0.2, -0.15) is 0 Å². The van der Waals surface area contributed by atoms with Crippen molar-refractivity contribution in [2.45, 2.75) is 11.3 Å². The zero-order chi connectivity index (χ0) is 9.68. The Morgan fingerprint density at radius 1 is 1.54 bits per heavy atom. The van der Waals surface area contributed by atoms with Crippen molar-refractivity contribution in [2.75, 3.05) is 12.9 Å². The molecule has 2 N–H and O–H groups in total. The minimum atomic E-state index is -0.199. The van der Waals surface area contributed by atoms with E-state index < -0.39 is 0 Å². The Bertz CT molecular complexity index is 280. The van der Waals surface area contributed by atoms with Gasteiger partial charge >= 0.3 is 0 Å². The number of halogens is 1. The lowest BCUT2D eigenvalue weighted by Crippen LogP contribution is -2.05. The number of hydrogen-bond acceptors (Lipinski definition) is 3. The molecule has 0 aliphatic heterocycles. The van der Waals surface area contributed by atoms with E-state index in [1.165, 1.54) is 6.07 Å². The SMILES string of the molecule is CSc1ccc(F)c(CCON)c1. The van der Waals surface area contributed by atoms with Crippen LogP contribution < -0.4 is 5.90 Å². The highest BCUT2D eigenvalue weighted by atomic mass is 32.2. The molecule has 0 spiro atoms.